The Morgan fingerprint density at radius 3 is 2.19 bits per heavy atom. The molecule has 8 heteroatoms. The third-order valence-corrected chi connectivity index (χ3v) is 3.76. The Balaban J connectivity index is 2.09. The summed E-state index contributed by atoms with van der Waals surface area (Å²) in [5, 5.41) is 2.73. The largest absolute Gasteiger partial charge is 0.347 e. The van der Waals surface area contributed by atoms with E-state index in [0.29, 0.717) is 23.0 Å². The highest BCUT2D eigenvalue weighted by Crippen LogP contribution is 2.19. The zero-order valence-corrected chi connectivity index (χ0v) is 15.5. The number of hydrogen-bond donors (Lipinski definition) is 1. The number of aromatic nitrogens is 2. The zero-order chi connectivity index (χ0) is 19.4. The van der Waals surface area contributed by atoms with Crippen molar-refractivity contribution in [2.45, 2.75) is 13.8 Å². The number of hydrogen-bond acceptors (Lipinski definition) is 5. The van der Waals surface area contributed by atoms with Gasteiger partial charge in [-0.1, -0.05) is 12.1 Å². The van der Waals surface area contributed by atoms with Crippen molar-refractivity contribution in [2.24, 2.45) is 0 Å². The molecule has 7 nitrogen and oxygen atoms in total. The van der Waals surface area contributed by atoms with Gasteiger partial charge in [0.05, 0.1) is 29.2 Å². The topological polar surface area (TPSA) is 78.4 Å². The molecule has 138 valence electrons. The zero-order valence-electron chi connectivity index (χ0n) is 15.5. The molecule has 1 N–H and O–H groups in total. The Hall–Kier alpha value is -3.03. The summed E-state index contributed by atoms with van der Waals surface area (Å²) in [6, 6.07) is 5.66. The molecule has 0 aliphatic carbocycles. The number of halogens is 1. The maximum absolute atomic E-state index is 13.7. The van der Waals surface area contributed by atoms with Gasteiger partial charge in [0.1, 0.15) is 5.82 Å². The number of anilines is 2. The summed E-state index contributed by atoms with van der Waals surface area (Å²) in [5.41, 5.74) is 1.68. The van der Waals surface area contributed by atoms with Crippen LogP contribution in [0.5, 0.6) is 0 Å². The normalized spacial score (nSPS) is 10.4. The van der Waals surface area contributed by atoms with E-state index in [0.717, 1.165) is 4.90 Å². The highest BCUT2D eigenvalue weighted by atomic mass is 19.1. The molecule has 0 aliphatic heterocycles. The van der Waals surface area contributed by atoms with Crippen LogP contribution >= 0.6 is 0 Å². The summed E-state index contributed by atoms with van der Waals surface area (Å²) in [7, 11) is 5.10. The van der Waals surface area contributed by atoms with E-state index in [2.05, 4.69) is 15.3 Å². The minimum Gasteiger partial charge on any atom is -0.347 e. The number of amides is 2. The fourth-order valence-corrected chi connectivity index (χ4v) is 2.39. The van der Waals surface area contributed by atoms with Gasteiger partial charge in [0, 0.05) is 21.1 Å². The number of carbonyl (C=O) groups is 2. The quantitative estimate of drug-likeness (QED) is 0.884. The van der Waals surface area contributed by atoms with E-state index < -0.39 is 17.6 Å². The molecule has 1 aromatic heterocycles. The minimum atomic E-state index is -0.621. The van der Waals surface area contributed by atoms with E-state index in [4.69, 9.17) is 0 Å². The first-order valence-electron chi connectivity index (χ1n) is 8.03. The van der Waals surface area contributed by atoms with Crippen molar-refractivity contribution in [1.29, 1.82) is 0 Å². The lowest BCUT2D eigenvalue weighted by molar-refractivity contribution is -0.116. The lowest BCUT2D eigenvalue weighted by Crippen LogP contribution is -2.35. The Labute approximate surface area is 151 Å². The summed E-state index contributed by atoms with van der Waals surface area (Å²) in [4.78, 5) is 36.2. The van der Waals surface area contributed by atoms with Crippen molar-refractivity contribution in [3.05, 3.63) is 47.0 Å². The summed E-state index contributed by atoms with van der Waals surface area (Å²) < 4.78 is 13.7. The Kier molecular flexibility index (Phi) is 5.86. The molecule has 1 heterocycles. The number of nitrogens with one attached hydrogen (secondary N) is 1. The molecule has 26 heavy (non-hydrogen) atoms. The van der Waals surface area contributed by atoms with Gasteiger partial charge in [-0.25, -0.2) is 14.4 Å². The second-order valence-corrected chi connectivity index (χ2v) is 6.15. The van der Waals surface area contributed by atoms with Crippen LogP contribution in [0.2, 0.25) is 0 Å². The van der Waals surface area contributed by atoms with Crippen LogP contribution in [0.4, 0.5) is 16.0 Å². The molecular formula is C18H22FN5O2. The maximum Gasteiger partial charge on any atom is 0.257 e. The Bertz CT molecular complexity index is 815. The molecule has 0 unspecified atom stereocenters. The third kappa shape index (κ3) is 4.33. The second kappa shape index (κ2) is 7.90. The molecule has 1 aromatic carbocycles. The SMILES string of the molecule is Cc1nc(N(C)C)nc(C)c1NC(=O)CN(C)C(=O)c1ccccc1F. The van der Waals surface area contributed by atoms with Crippen molar-refractivity contribution in [3.63, 3.8) is 0 Å². The van der Waals surface area contributed by atoms with Gasteiger partial charge in [-0.05, 0) is 26.0 Å². The number of aryl methyl sites for hydroxylation is 2. The van der Waals surface area contributed by atoms with Gasteiger partial charge in [0.25, 0.3) is 5.91 Å². The van der Waals surface area contributed by atoms with Crippen LogP contribution in [0.3, 0.4) is 0 Å². The van der Waals surface area contributed by atoms with Gasteiger partial charge in [-0.2, -0.15) is 0 Å². The van der Waals surface area contributed by atoms with E-state index in [1.54, 1.807) is 24.8 Å². The van der Waals surface area contributed by atoms with Crippen molar-refractivity contribution < 1.29 is 14.0 Å². The first kappa shape index (κ1) is 19.3. The lowest BCUT2D eigenvalue weighted by atomic mass is 10.2. The summed E-state index contributed by atoms with van der Waals surface area (Å²) in [6.07, 6.45) is 0. The summed E-state index contributed by atoms with van der Waals surface area (Å²) in [6.45, 7) is 3.32. The fourth-order valence-electron chi connectivity index (χ4n) is 2.39. The molecule has 0 aliphatic rings. The lowest BCUT2D eigenvalue weighted by Gasteiger charge is -2.19. The molecule has 0 fully saturated rings. The van der Waals surface area contributed by atoms with Gasteiger partial charge >= 0.3 is 0 Å². The van der Waals surface area contributed by atoms with Gasteiger partial charge in [-0.15, -0.1) is 0 Å². The minimum absolute atomic E-state index is 0.0752. The highest BCUT2D eigenvalue weighted by Gasteiger charge is 2.19. The maximum atomic E-state index is 13.7. The Morgan fingerprint density at radius 1 is 1.08 bits per heavy atom. The van der Waals surface area contributed by atoms with Gasteiger partial charge in [-0.3, -0.25) is 9.59 Å². The van der Waals surface area contributed by atoms with Gasteiger partial charge in [0.15, 0.2) is 0 Å². The fraction of sp³-hybridized carbons (Fsp3) is 0.333. The smallest absolute Gasteiger partial charge is 0.257 e. The average molecular weight is 359 g/mol. The van der Waals surface area contributed by atoms with E-state index in [-0.39, 0.29) is 12.1 Å². The van der Waals surface area contributed by atoms with Crippen molar-refractivity contribution in [2.75, 3.05) is 37.9 Å². The van der Waals surface area contributed by atoms with Crippen molar-refractivity contribution in [3.8, 4) is 0 Å². The molecule has 0 atom stereocenters. The first-order valence-corrected chi connectivity index (χ1v) is 8.03. The van der Waals surface area contributed by atoms with Crippen LogP contribution in [0.1, 0.15) is 21.7 Å². The molecular weight excluding hydrogens is 337 g/mol. The molecule has 2 amide bonds. The van der Waals surface area contributed by atoms with E-state index in [1.807, 2.05) is 14.1 Å². The van der Waals surface area contributed by atoms with Crippen LogP contribution in [-0.4, -0.2) is 54.4 Å². The molecule has 0 radical (unpaired) electrons. The van der Waals surface area contributed by atoms with Crippen LogP contribution in [0.15, 0.2) is 24.3 Å². The van der Waals surface area contributed by atoms with Crippen LogP contribution in [0, 0.1) is 19.7 Å². The summed E-state index contributed by atoms with van der Waals surface area (Å²) in [5.74, 6) is -1.05. The monoisotopic (exact) mass is 359 g/mol. The molecule has 0 saturated carbocycles. The van der Waals surface area contributed by atoms with Crippen molar-refractivity contribution >= 4 is 23.5 Å². The van der Waals surface area contributed by atoms with Crippen LogP contribution in [0.25, 0.3) is 0 Å². The van der Waals surface area contributed by atoms with Gasteiger partial charge in [0.2, 0.25) is 11.9 Å². The molecule has 0 bridgehead atoms. The predicted molar refractivity (Wildman–Crippen MR) is 97.8 cm³/mol. The predicted octanol–water partition coefficient (Wildman–Crippen LogP) is 2.01. The molecule has 0 spiro atoms. The number of rotatable bonds is 5. The van der Waals surface area contributed by atoms with E-state index in [1.165, 1.54) is 25.2 Å². The number of benzene rings is 1. The van der Waals surface area contributed by atoms with Crippen LogP contribution < -0.4 is 10.2 Å². The summed E-state index contributed by atoms with van der Waals surface area (Å²) >= 11 is 0. The highest BCUT2D eigenvalue weighted by molar-refractivity contribution is 5.99. The standard InChI is InChI=1S/C18H22FN5O2/c1-11-16(12(2)21-18(20-11)23(3)4)22-15(25)10-24(5)17(26)13-8-6-7-9-14(13)19/h6-9H,10H2,1-5H3,(H,22,25). The van der Waals surface area contributed by atoms with E-state index >= 15 is 0 Å². The van der Waals surface area contributed by atoms with Gasteiger partial charge < -0.3 is 15.1 Å². The first-order chi connectivity index (χ1) is 12.2. The number of nitrogens with zero attached hydrogens (tertiary/aromatic N) is 4. The molecule has 2 aromatic rings. The molecule has 0 saturated heterocycles. The molecule has 2 rings (SSSR count). The average Bonchev–Trinajstić information content (AvgIpc) is 2.57. The number of carbonyl (C=O) groups excluding carboxylic acids is 2. The second-order valence-electron chi connectivity index (χ2n) is 6.15. The van der Waals surface area contributed by atoms with Crippen LogP contribution in [-0.2, 0) is 4.79 Å². The van der Waals surface area contributed by atoms with Crippen molar-refractivity contribution in [1.82, 2.24) is 14.9 Å². The third-order valence-electron chi connectivity index (χ3n) is 3.76. The Morgan fingerprint density at radius 2 is 1.65 bits per heavy atom. The number of likely N-dealkylation sites (N-methyl/N-ethyl adjacent to an activating group) is 1. The van der Waals surface area contributed by atoms with E-state index in [9.17, 15) is 14.0 Å².